The summed E-state index contributed by atoms with van der Waals surface area (Å²) in [5.74, 6) is 0.260. The Labute approximate surface area is 261 Å². The first-order valence-electron chi connectivity index (χ1n) is 15.9. The van der Waals surface area contributed by atoms with E-state index < -0.39 is 12.1 Å². The van der Waals surface area contributed by atoms with Crippen molar-refractivity contribution in [2.24, 2.45) is 46.8 Å². The molecule has 0 unspecified atom stereocenters. The number of aliphatic hydroxyl groups excluding tert-OH is 1. The highest BCUT2D eigenvalue weighted by Crippen LogP contribution is 2.60. The van der Waals surface area contributed by atoms with Crippen LogP contribution in [0, 0.1) is 52.7 Å². The van der Waals surface area contributed by atoms with Gasteiger partial charge < -0.3 is 15.2 Å². The maximum Gasteiger partial charge on any atom is 0.471 e. The number of alkyl halides is 3. The summed E-state index contributed by atoms with van der Waals surface area (Å²) >= 11 is 0. The van der Waals surface area contributed by atoms with Gasteiger partial charge in [-0.3, -0.25) is 4.79 Å². The number of aromatic nitrogens is 2. The van der Waals surface area contributed by atoms with Crippen LogP contribution in [0.15, 0.2) is 54.7 Å². The van der Waals surface area contributed by atoms with Gasteiger partial charge in [0.05, 0.1) is 11.9 Å². The van der Waals surface area contributed by atoms with E-state index in [0.29, 0.717) is 42.1 Å². The molecule has 2 fully saturated rings. The molecule has 1 amide bonds. The third-order valence-electron chi connectivity index (χ3n) is 11.3. The zero-order valence-corrected chi connectivity index (χ0v) is 25.9. The van der Waals surface area contributed by atoms with Crippen LogP contribution in [0.1, 0.15) is 51.3 Å². The number of aliphatic hydroxyl groups is 1. The predicted molar refractivity (Wildman–Crippen MR) is 161 cm³/mol. The van der Waals surface area contributed by atoms with Crippen LogP contribution in [0.25, 0.3) is 5.69 Å². The first kappa shape index (κ1) is 31.6. The lowest BCUT2D eigenvalue weighted by molar-refractivity contribution is -0.174. The minimum absolute atomic E-state index is 0.00415. The molecule has 0 bridgehead atoms. The fourth-order valence-electron chi connectivity index (χ4n) is 9.16. The molecule has 8 atom stereocenters. The van der Waals surface area contributed by atoms with Gasteiger partial charge in [0.25, 0.3) is 0 Å². The van der Waals surface area contributed by atoms with Crippen LogP contribution in [-0.4, -0.2) is 40.1 Å². The monoisotopic (exact) mass is 627 g/mol. The number of benzene rings is 2. The van der Waals surface area contributed by atoms with E-state index >= 15 is 0 Å². The molecule has 0 aliphatic heterocycles. The van der Waals surface area contributed by atoms with Crippen molar-refractivity contribution in [3.05, 3.63) is 71.8 Å². The third kappa shape index (κ3) is 5.98. The van der Waals surface area contributed by atoms with Crippen LogP contribution in [0.2, 0.25) is 0 Å². The highest BCUT2D eigenvalue weighted by Gasteiger charge is 2.56. The summed E-state index contributed by atoms with van der Waals surface area (Å²) in [6.07, 6.45) is 1.02. The molecule has 3 aliphatic carbocycles. The van der Waals surface area contributed by atoms with Crippen LogP contribution < -0.4 is 10.1 Å². The van der Waals surface area contributed by atoms with Gasteiger partial charge in [-0.25, -0.2) is 9.07 Å². The molecule has 2 saturated carbocycles. The van der Waals surface area contributed by atoms with Crippen molar-refractivity contribution in [3.8, 4) is 17.2 Å². The van der Waals surface area contributed by atoms with E-state index in [1.807, 2.05) is 35.1 Å². The number of ether oxygens (including phenoxy) is 1. The van der Waals surface area contributed by atoms with Gasteiger partial charge in [0.1, 0.15) is 17.3 Å². The van der Waals surface area contributed by atoms with E-state index in [1.165, 1.54) is 12.1 Å². The van der Waals surface area contributed by atoms with Crippen molar-refractivity contribution < 1.29 is 32.2 Å². The van der Waals surface area contributed by atoms with Crippen LogP contribution in [-0.2, 0) is 17.6 Å². The molecule has 10 heteroatoms. The lowest BCUT2D eigenvalue weighted by Gasteiger charge is -2.55. The molecule has 242 valence electrons. The largest absolute Gasteiger partial charge is 0.471 e. The number of hydrogen-bond acceptors (Lipinski definition) is 4. The van der Waals surface area contributed by atoms with Crippen molar-refractivity contribution >= 4 is 5.91 Å². The van der Waals surface area contributed by atoms with Crippen molar-refractivity contribution in [3.63, 3.8) is 0 Å². The molecular formula is C35H41F4N3O3. The molecule has 1 aromatic heterocycles. The number of halogens is 4. The van der Waals surface area contributed by atoms with Crippen LogP contribution in [0.3, 0.4) is 0 Å². The number of nitrogens with one attached hydrogen (secondary N) is 1. The molecule has 6 rings (SSSR count). The molecule has 3 aliphatic rings. The van der Waals surface area contributed by atoms with Crippen LogP contribution >= 0.6 is 0 Å². The molecule has 2 aromatic carbocycles. The smallest absolute Gasteiger partial charge is 0.457 e. The minimum Gasteiger partial charge on any atom is -0.457 e. The zero-order chi connectivity index (χ0) is 32.1. The minimum atomic E-state index is -4.92. The highest BCUT2D eigenvalue weighted by molar-refractivity contribution is 5.81. The number of rotatable bonds is 7. The van der Waals surface area contributed by atoms with Crippen molar-refractivity contribution in [1.82, 2.24) is 15.1 Å². The Morgan fingerprint density at radius 2 is 1.73 bits per heavy atom. The van der Waals surface area contributed by atoms with Gasteiger partial charge >= 0.3 is 12.1 Å². The lowest BCUT2D eigenvalue weighted by atomic mass is 9.50. The SMILES string of the molecule is C[C@@H]1C[C@H]([C@@]2(C)Cc3cnn(-c4ccc(Oc5ccc(F)cc5)cc4)c3C[C@@H]2CO)[C@@H](CNC(=O)C(F)(F)F)[C@H]2CC[C@H](C)[C@@H]21. The molecule has 0 radical (unpaired) electrons. The first-order chi connectivity index (χ1) is 21.4. The zero-order valence-electron chi connectivity index (χ0n) is 25.9. The van der Waals surface area contributed by atoms with Crippen molar-refractivity contribution in [1.29, 1.82) is 0 Å². The number of carbonyl (C=O) groups excluding carboxylic acids is 1. The molecule has 2 N–H and O–H groups in total. The second-order valence-electron chi connectivity index (χ2n) is 13.8. The first-order valence-corrected chi connectivity index (χ1v) is 15.9. The third-order valence-corrected chi connectivity index (χ3v) is 11.3. The Hall–Kier alpha value is -3.40. The fourth-order valence-corrected chi connectivity index (χ4v) is 9.16. The van der Waals surface area contributed by atoms with Gasteiger partial charge in [-0.05, 0) is 127 Å². The summed E-state index contributed by atoms with van der Waals surface area (Å²) in [6.45, 7) is 6.64. The number of nitrogens with zero attached hydrogens (tertiary/aromatic N) is 2. The number of fused-ring (bicyclic) bond motifs is 2. The van der Waals surface area contributed by atoms with Crippen LogP contribution in [0.4, 0.5) is 17.6 Å². The van der Waals surface area contributed by atoms with Gasteiger partial charge in [0.15, 0.2) is 0 Å². The molecule has 3 aromatic rings. The van der Waals surface area contributed by atoms with E-state index in [9.17, 15) is 27.5 Å². The normalized spacial score (nSPS) is 31.2. The van der Waals surface area contributed by atoms with Gasteiger partial charge in [-0.15, -0.1) is 0 Å². The molecule has 1 heterocycles. The van der Waals surface area contributed by atoms with E-state index in [-0.39, 0.29) is 48.1 Å². The van der Waals surface area contributed by atoms with Crippen molar-refractivity contribution in [2.75, 3.05) is 13.2 Å². The fraction of sp³-hybridized carbons (Fsp3) is 0.543. The molecule has 0 saturated heterocycles. The summed E-state index contributed by atoms with van der Waals surface area (Å²) < 4.78 is 60.6. The van der Waals surface area contributed by atoms with Crippen LogP contribution in [0.5, 0.6) is 11.5 Å². The standard InChI is InChI=1S/C35H41F4N3O3/c1-20-4-13-28-29(18-40-33(44)35(37,38)39)30(14-21(2)32(20)28)34(3)16-22-17-41-42(31(22)15-23(34)19-43)25-7-11-27(12-8-25)45-26-9-5-24(36)6-10-26/h5-12,17,20-21,23,28-30,32,43H,4,13-16,18-19H2,1-3H3,(H,40,44)/t20-,21+,23+,28+,29-,30-,32+,34-/m0/s1. The van der Waals surface area contributed by atoms with Gasteiger partial charge in [-0.1, -0.05) is 27.2 Å². The van der Waals surface area contributed by atoms with Gasteiger partial charge in [0, 0.05) is 18.8 Å². The van der Waals surface area contributed by atoms with E-state index in [1.54, 1.807) is 12.1 Å². The second kappa shape index (κ2) is 12.1. The maximum atomic E-state index is 13.3. The Morgan fingerprint density at radius 1 is 1.07 bits per heavy atom. The number of hydrogen-bond donors (Lipinski definition) is 2. The summed E-state index contributed by atoms with van der Waals surface area (Å²) in [6, 6.07) is 13.3. The topological polar surface area (TPSA) is 76.4 Å². The predicted octanol–water partition coefficient (Wildman–Crippen LogP) is 7.13. The average Bonchev–Trinajstić information content (AvgIpc) is 3.60. The van der Waals surface area contributed by atoms with Gasteiger partial charge in [-0.2, -0.15) is 18.3 Å². The van der Waals surface area contributed by atoms with E-state index in [4.69, 9.17) is 9.84 Å². The Balaban J connectivity index is 1.26. The molecule has 45 heavy (non-hydrogen) atoms. The van der Waals surface area contributed by atoms with E-state index in [0.717, 1.165) is 36.2 Å². The summed E-state index contributed by atoms with van der Waals surface area (Å²) in [7, 11) is 0. The maximum absolute atomic E-state index is 13.3. The second-order valence-corrected chi connectivity index (χ2v) is 13.8. The number of carbonyl (C=O) groups is 1. The lowest BCUT2D eigenvalue weighted by Crippen LogP contribution is -2.54. The number of amides is 1. The summed E-state index contributed by atoms with van der Waals surface area (Å²) in [5.41, 5.74) is 2.53. The van der Waals surface area contributed by atoms with E-state index in [2.05, 4.69) is 26.1 Å². The highest BCUT2D eigenvalue weighted by atomic mass is 19.4. The Kier molecular flexibility index (Phi) is 8.48. The Morgan fingerprint density at radius 3 is 2.38 bits per heavy atom. The van der Waals surface area contributed by atoms with Crippen molar-refractivity contribution in [2.45, 2.75) is 59.1 Å². The molecule has 6 nitrogen and oxygen atoms in total. The molecular weight excluding hydrogens is 586 g/mol. The van der Waals surface area contributed by atoms with Gasteiger partial charge in [0.2, 0.25) is 0 Å². The molecule has 0 spiro atoms. The Bertz CT molecular complexity index is 1510. The average molecular weight is 628 g/mol. The summed E-state index contributed by atoms with van der Waals surface area (Å²) in [5, 5.41) is 17.8. The summed E-state index contributed by atoms with van der Waals surface area (Å²) in [4.78, 5) is 11.9. The quantitative estimate of drug-likeness (QED) is 0.274.